The van der Waals surface area contributed by atoms with E-state index < -0.39 is 0 Å². The zero-order valence-electron chi connectivity index (χ0n) is 9.33. The van der Waals surface area contributed by atoms with Gasteiger partial charge >= 0.3 is 0 Å². The monoisotopic (exact) mass is 221 g/mol. The van der Waals surface area contributed by atoms with Gasteiger partial charge in [0.1, 0.15) is 6.54 Å². The first-order chi connectivity index (χ1) is 7.74. The Morgan fingerprint density at radius 1 is 1.44 bits per heavy atom. The molecule has 0 bridgehead atoms. The predicted octanol–water partition coefficient (Wildman–Crippen LogP) is 0.171. The first-order valence-electron chi connectivity index (χ1n) is 5.77. The average molecular weight is 221 g/mol. The summed E-state index contributed by atoms with van der Waals surface area (Å²) in [6.07, 6.45) is 4.56. The molecule has 3 rings (SSSR count). The Labute approximate surface area is 93.6 Å². The highest BCUT2D eigenvalue weighted by molar-refractivity contribution is 5.76. The van der Waals surface area contributed by atoms with Crippen LogP contribution in [0.1, 0.15) is 37.4 Å². The molecule has 0 saturated heterocycles. The van der Waals surface area contributed by atoms with Gasteiger partial charge in [-0.1, -0.05) is 0 Å². The third-order valence-electron chi connectivity index (χ3n) is 3.18. The van der Waals surface area contributed by atoms with Crippen molar-refractivity contribution >= 4 is 5.91 Å². The molecule has 0 atom stereocenters. The summed E-state index contributed by atoms with van der Waals surface area (Å²) < 4.78 is 0. The fourth-order valence-electron chi connectivity index (χ4n) is 1.73. The van der Waals surface area contributed by atoms with Gasteiger partial charge in [-0.05, 0) is 30.9 Å². The number of carbonyl (C=O) groups excluding carboxylic acids is 1. The largest absolute Gasteiger partial charge is 0.341 e. The van der Waals surface area contributed by atoms with Gasteiger partial charge in [0.2, 0.25) is 5.91 Å². The molecule has 0 aromatic carbocycles. The van der Waals surface area contributed by atoms with Gasteiger partial charge in [0.25, 0.3) is 0 Å². The van der Waals surface area contributed by atoms with Crippen molar-refractivity contribution in [2.75, 3.05) is 7.05 Å². The Morgan fingerprint density at radius 2 is 2.19 bits per heavy atom. The second-order valence-corrected chi connectivity index (χ2v) is 4.69. The van der Waals surface area contributed by atoms with Crippen molar-refractivity contribution in [3.05, 3.63) is 5.82 Å². The van der Waals surface area contributed by atoms with E-state index in [1.54, 1.807) is 4.90 Å². The second kappa shape index (κ2) is 3.54. The molecule has 6 heteroatoms. The number of nitrogens with zero attached hydrogens (tertiary/aromatic N) is 5. The Bertz CT molecular complexity index is 407. The summed E-state index contributed by atoms with van der Waals surface area (Å²) in [5.41, 5.74) is 0. The average Bonchev–Trinajstić information content (AvgIpc) is 3.17. The Kier molecular flexibility index (Phi) is 2.15. The number of hydrogen-bond donors (Lipinski definition) is 0. The van der Waals surface area contributed by atoms with E-state index in [-0.39, 0.29) is 12.5 Å². The smallest absolute Gasteiger partial charge is 0.246 e. The van der Waals surface area contributed by atoms with E-state index in [0.717, 1.165) is 31.5 Å². The Morgan fingerprint density at radius 3 is 2.81 bits per heavy atom. The molecule has 1 aromatic rings. The highest BCUT2D eigenvalue weighted by Crippen LogP contribution is 2.37. The summed E-state index contributed by atoms with van der Waals surface area (Å²) in [4.78, 5) is 15.0. The number of carbonyl (C=O) groups is 1. The summed E-state index contributed by atoms with van der Waals surface area (Å²) in [5.74, 6) is 1.36. The van der Waals surface area contributed by atoms with Crippen LogP contribution < -0.4 is 0 Å². The van der Waals surface area contributed by atoms with Gasteiger partial charge in [-0.25, -0.2) is 0 Å². The van der Waals surface area contributed by atoms with Gasteiger partial charge in [-0.2, -0.15) is 4.80 Å². The van der Waals surface area contributed by atoms with E-state index in [4.69, 9.17) is 0 Å². The van der Waals surface area contributed by atoms with Crippen molar-refractivity contribution in [1.29, 1.82) is 0 Å². The van der Waals surface area contributed by atoms with Crippen molar-refractivity contribution in [2.24, 2.45) is 0 Å². The first kappa shape index (κ1) is 9.74. The minimum absolute atomic E-state index is 0.0715. The lowest BCUT2D eigenvalue weighted by Gasteiger charge is -2.14. The van der Waals surface area contributed by atoms with Crippen LogP contribution in [0.2, 0.25) is 0 Å². The minimum atomic E-state index is 0.0715. The lowest BCUT2D eigenvalue weighted by Crippen LogP contribution is -2.32. The molecule has 1 heterocycles. The topological polar surface area (TPSA) is 63.9 Å². The van der Waals surface area contributed by atoms with E-state index in [0.29, 0.717) is 12.0 Å². The number of aromatic nitrogens is 4. The molecular weight excluding hydrogens is 206 g/mol. The molecule has 0 N–H and O–H groups in total. The molecule has 86 valence electrons. The van der Waals surface area contributed by atoms with Crippen LogP contribution >= 0.6 is 0 Å². The number of tetrazole rings is 1. The number of rotatable bonds is 4. The van der Waals surface area contributed by atoms with Crippen LogP contribution in [0.25, 0.3) is 0 Å². The lowest BCUT2D eigenvalue weighted by atomic mass is 10.4. The van der Waals surface area contributed by atoms with E-state index in [1.165, 1.54) is 4.80 Å². The predicted molar refractivity (Wildman–Crippen MR) is 55.6 cm³/mol. The minimum Gasteiger partial charge on any atom is -0.341 e. The van der Waals surface area contributed by atoms with E-state index in [1.807, 2.05) is 7.05 Å². The molecule has 0 aliphatic heterocycles. The van der Waals surface area contributed by atoms with E-state index >= 15 is 0 Å². The van der Waals surface area contributed by atoms with Crippen LogP contribution in [-0.2, 0) is 11.3 Å². The highest BCUT2D eigenvalue weighted by atomic mass is 16.2. The van der Waals surface area contributed by atoms with Crippen LogP contribution in [0.5, 0.6) is 0 Å². The summed E-state index contributed by atoms with van der Waals surface area (Å²) in [7, 11) is 1.85. The van der Waals surface area contributed by atoms with Crippen LogP contribution in [0, 0.1) is 0 Å². The Hall–Kier alpha value is -1.46. The molecule has 2 aliphatic carbocycles. The van der Waals surface area contributed by atoms with Crippen molar-refractivity contribution in [1.82, 2.24) is 25.1 Å². The normalized spacial score (nSPS) is 19.8. The van der Waals surface area contributed by atoms with Gasteiger partial charge in [0.05, 0.1) is 0 Å². The third-order valence-corrected chi connectivity index (χ3v) is 3.18. The zero-order chi connectivity index (χ0) is 11.1. The molecule has 6 nitrogen and oxygen atoms in total. The van der Waals surface area contributed by atoms with E-state index in [9.17, 15) is 4.79 Å². The molecule has 1 aromatic heterocycles. The molecule has 0 radical (unpaired) electrons. The maximum atomic E-state index is 11.8. The lowest BCUT2D eigenvalue weighted by molar-refractivity contribution is -0.131. The number of likely N-dealkylation sites (N-methyl/N-ethyl adjacent to an activating group) is 1. The summed E-state index contributed by atoms with van der Waals surface area (Å²) in [6, 6.07) is 0.443. The Balaban J connectivity index is 1.61. The SMILES string of the molecule is CN(C(=O)Cn1nnc(C2CC2)n1)C1CC1. The van der Waals surface area contributed by atoms with Gasteiger partial charge in [0.15, 0.2) is 5.82 Å². The van der Waals surface area contributed by atoms with Crippen LogP contribution in [-0.4, -0.2) is 44.1 Å². The molecule has 0 spiro atoms. The van der Waals surface area contributed by atoms with Crippen LogP contribution in [0.15, 0.2) is 0 Å². The van der Waals surface area contributed by atoms with Crippen molar-refractivity contribution in [3.8, 4) is 0 Å². The molecule has 1 amide bonds. The maximum Gasteiger partial charge on any atom is 0.246 e. The molecule has 0 unspecified atom stereocenters. The highest BCUT2D eigenvalue weighted by Gasteiger charge is 2.31. The van der Waals surface area contributed by atoms with Crippen molar-refractivity contribution in [2.45, 2.75) is 44.2 Å². The van der Waals surface area contributed by atoms with Crippen molar-refractivity contribution < 1.29 is 4.79 Å². The summed E-state index contributed by atoms with van der Waals surface area (Å²) in [6.45, 7) is 0.215. The fourth-order valence-corrected chi connectivity index (χ4v) is 1.73. The van der Waals surface area contributed by atoms with Gasteiger partial charge < -0.3 is 4.90 Å². The molecular formula is C10H15N5O. The first-order valence-corrected chi connectivity index (χ1v) is 5.77. The van der Waals surface area contributed by atoms with Crippen LogP contribution in [0.4, 0.5) is 0 Å². The number of amides is 1. The molecule has 2 aliphatic rings. The third kappa shape index (κ3) is 1.91. The summed E-state index contributed by atoms with van der Waals surface area (Å²) >= 11 is 0. The van der Waals surface area contributed by atoms with Gasteiger partial charge in [-0.3, -0.25) is 4.79 Å². The maximum absolute atomic E-state index is 11.8. The summed E-state index contributed by atoms with van der Waals surface area (Å²) in [5, 5.41) is 12.1. The van der Waals surface area contributed by atoms with E-state index in [2.05, 4.69) is 15.4 Å². The van der Waals surface area contributed by atoms with Crippen LogP contribution in [0.3, 0.4) is 0 Å². The molecule has 16 heavy (non-hydrogen) atoms. The zero-order valence-corrected chi connectivity index (χ0v) is 9.33. The standard InChI is InChI=1S/C10H15N5O/c1-14(8-4-5-8)9(16)6-15-12-10(11-13-15)7-2-3-7/h7-8H,2-6H2,1H3. The van der Waals surface area contributed by atoms with Crippen molar-refractivity contribution in [3.63, 3.8) is 0 Å². The van der Waals surface area contributed by atoms with Gasteiger partial charge in [0, 0.05) is 19.0 Å². The number of hydrogen-bond acceptors (Lipinski definition) is 4. The molecule has 2 saturated carbocycles. The fraction of sp³-hybridized carbons (Fsp3) is 0.800. The van der Waals surface area contributed by atoms with Gasteiger partial charge in [-0.15, -0.1) is 10.2 Å². The molecule has 2 fully saturated rings. The second-order valence-electron chi connectivity index (χ2n) is 4.69. The quantitative estimate of drug-likeness (QED) is 0.727.